The van der Waals surface area contributed by atoms with Gasteiger partial charge in [-0.15, -0.1) is 11.5 Å². The fourth-order valence-corrected chi connectivity index (χ4v) is 1.49. The third-order valence-electron chi connectivity index (χ3n) is 2.61. The second-order valence-electron chi connectivity index (χ2n) is 3.84. The maximum absolute atomic E-state index is 11.9. The van der Waals surface area contributed by atoms with E-state index >= 15 is 0 Å². The van der Waals surface area contributed by atoms with E-state index in [9.17, 15) is 4.79 Å². The second-order valence-corrected chi connectivity index (χ2v) is 3.84. The number of H-pyrrole nitrogens is 1. The third-order valence-corrected chi connectivity index (χ3v) is 2.61. The first-order valence-corrected chi connectivity index (χ1v) is 5.41. The van der Waals surface area contributed by atoms with E-state index in [1.807, 2.05) is 6.92 Å². The fraction of sp³-hybridized carbons (Fsp3) is 0.545. The van der Waals surface area contributed by atoms with Crippen LogP contribution in [0.3, 0.4) is 0 Å². The van der Waals surface area contributed by atoms with Crippen LogP contribution in [0, 0.1) is 12.3 Å². The lowest BCUT2D eigenvalue weighted by Crippen LogP contribution is -2.31. The number of carbonyl (C=O) groups is 1. The topological polar surface area (TPSA) is 61.9 Å². The van der Waals surface area contributed by atoms with E-state index in [-0.39, 0.29) is 11.7 Å². The first-order valence-electron chi connectivity index (χ1n) is 5.41. The standard InChI is InChI=1S/C11H14N4O/c1-3-7-15(4-2)11(16)10-12-9(13-14-10)8-5-6-8/h1,8H,4-7H2,2H3,(H,12,13,14). The van der Waals surface area contributed by atoms with Gasteiger partial charge in [0.15, 0.2) is 0 Å². The van der Waals surface area contributed by atoms with Gasteiger partial charge in [-0.1, -0.05) is 5.92 Å². The number of amides is 1. The molecule has 0 atom stereocenters. The van der Waals surface area contributed by atoms with Crippen LogP contribution >= 0.6 is 0 Å². The van der Waals surface area contributed by atoms with Gasteiger partial charge < -0.3 is 4.90 Å². The van der Waals surface area contributed by atoms with Crippen molar-refractivity contribution in [3.05, 3.63) is 11.6 Å². The average molecular weight is 218 g/mol. The summed E-state index contributed by atoms with van der Waals surface area (Å²) in [6, 6.07) is 0. The van der Waals surface area contributed by atoms with Crippen molar-refractivity contribution in [3.8, 4) is 12.3 Å². The second kappa shape index (κ2) is 4.35. The predicted octanol–water partition coefficient (Wildman–Crippen LogP) is 0.777. The van der Waals surface area contributed by atoms with E-state index in [1.54, 1.807) is 4.90 Å². The molecular weight excluding hydrogens is 204 g/mol. The smallest absolute Gasteiger partial charge is 0.294 e. The van der Waals surface area contributed by atoms with E-state index in [1.165, 1.54) is 0 Å². The van der Waals surface area contributed by atoms with Crippen LogP contribution in [0.1, 0.15) is 42.1 Å². The maximum Gasteiger partial charge on any atom is 0.294 e. The summed E-state index contributed by atoms with van der Waals surface area (Å²) < 4.78 is 0. The third kappa shape index (κ3) is 2.06. The Bertz CT molecular complexity index is 427. The molecule has 0 saturated heterocycles. The van der Waals surface area contributed by atoms with Crippen LogP contribution in [0.2, 0.25) is 0 Å². The van der Waals surface area contributed by atoms with Crippen LogP contribution in [0.25, 0.3) is 0 Å². The highest BCUT2D eigenvalue weighted by Gasteiger charge is 2.28. The van der Waals surface area contributed by atoms with Crippen LogP contribution in [0.4, 0.5) is 0 Å². The molecule has 1 aromatic rings. The predicted molar refractivity (Wildman–Crippen MR) is 58.8 cm³/mol. The lowest BCUT2D eigenvalue weighted by molar-refractivity contribution is 0.0773. The monoisotopic (exact) mass is 218 g/mol. The molecule has 1 amide bonds. The highest BCUT2D eigenvalue weighted by Crippen LogP contribution is 2.37. The zero-order valence-electron chi connectivity index (χ0n) is 9.23. The molecule has 0 bridgehead atoms. The zero-order valence-corrected chi connectivity index (χ0v) is 9.23. The first kappa shape index (κ1) is 10.7. The summed E-state index contributed by atoms with van der Waals surface area (Å²) in [5.74, 6) is 3.76. The van der Waals surface area contributed by atoms with Crippen molar-refractivity contribution >= 4 is 5.91 Å². The van der Waals surface area contributed by atoms with Gasteiger partial charge in [0.2, 0.25) is 5.82 Å². The number of nitrogens with one attached hydrogen (secondary N) is 1. The Morgan fingerprint density at radius 1 is 1.69 bits per heavy atom. The Morgan fingerprint density at radius 2 is 2.44 bits per heavy atom. The summed E-state index contributed by atoms with van der Waals surface area (Å²) >= 11 is 0. The minimum atomic E-state index is -0.205. The Morgan fingerprint density at radius 3 is 3.00 bits per heavy atom. The molecule has 1 aromatic heterocycles. The molecule has 0 unspecified atom stereocenters. The summed E-state index contributed by atoms with van der Waals surface area (Å²) in [6.45, 7) is 2.74. The van der Waals surface area contributed by atoms with E-state index in [4.69, 9.17) is 6.42 Å². The summed E-state index contributed by atoms with van der Waals surface area (Å²) in [7, 11) is 0. The van der Waals surface area contributed by atoms with Gasteiger partial charge in [-0.05, 0) is 19.8 Å². The molecular formula is C11H14N4O. The molecule has 5 heteroatoms. The summed E-state index contributed by atoms with van der Waals surface area (Å²) in [4.78, 5) is 17.6. The van der Waals surface area contributed by atoms with E-state index in [0.717, 1.165) is 18.7 Å². The Kier molecular flexibility index (Phi) is 2.91. The average Bonchev–Trinajstić information content (AvgIpc) is 3.03. The lowest BCUT2D eigenvalue weighted by Gasteiger charge is -2.15. The zero-order chi connectivity index (χ0) is 11.5. The molecule has 0 aromatic carbocycles. The SMILES string of the molecule is C#CCN(CC)C(=O)c1n[nH]c(C2CC2)n1. The van der Waals surface area contributed by atoms with Gasteiger partial charge in [-0.2, -0.15) is 0 Å². The number of carbonyl (C=O) groups excluding carboxylic acids is 1. The van der Waals surface area contributed by atoms with Gasteiger partial charge in [0.05, 0.1) is 6.54 Å². The fourth-order valence-electron chi connectivity index (χ4n) is 1.49. The van der Waals surface area contributed by atoms with Gasteiger partial charge in [0, 0.05) is 12.5 Å². The quantitative estimate of drug-likeness (QED) is 0.759. The van der Waals surface area contributed by atoms with Crippen molar-refractivity contribution in [1.82, 2.24) is 20.1 Å². The number of rotatable bonds is 4. The Hall–Kier alpha value is -1.83. The number of hydrogen-bond acceptors (Lipinski definition) is 3. The molecule has 1 saturated carbocycles. The van der Waals surface area contributed by atoms with Gasteiger partial charge in [0.1, 0.15) is 5.82 Å². The number of aromatic nitrogens is 3. The molecule has 2 rings (SSSR count). The van der Waals surface area contributed by atoms with Crippen LogP contribution in [-0.2, 0) is 0 Å². The molecule has 0 radical (unpaired) electrons. The molecule has 1 aliphatic carbocycles. The number of aromatic amines is 1. The molecule has 1 aliphatic rings. The van der Waals surface area contributed by atoms with Crippen LogP contribution in [0.5, 0.6) is 0 Å². The molecule has 16 heavy (non-hydrogen) atoms. The summed E-state index contributed by atoms with van der Waals surface area (Å²) in [5, 5.41) is 6.74. The number of nitrogens with zero attached hydrogens (tertiary/aromatic N) is 3. The number of terminal acetylenes is 1. The van der Waals surface area contributed by atoms with Crippen molar-refractivity contribution < 1.29 is 4.79 Å². The maximum atomic E-state index is 11.9. The van der Waals surface area contributed by atoms with Gasteiger partial charge in [-0.3, -0.25) is 9.89 Å². The highest BCUT2D eigenvalue weighted by molar-refractivity contribution is 5.90. The van der Waals surface area contributed by atoms with Crippen molar-refractivity contribution in [1.29, 1.82) is 0 Å². The Labute approximate surface area is 94.2 Å². The minimum Gasteiger partial charge on any atom is -0.325 e. The van der Waals surface area contributed by atoms with Crippen molar-refractivity contribution in [2.75, 3.05) is 13.1 Å². The molecule has 0 aliphatic heterocycles. The largest absolute Gasteiger partial charge is 0.325 e. The van der Waals surface area contributed by atoms with E-state index in [2.05, 4.69) is 21.1 Å². The lowest BCUT2D eigenvalue weighted by atomic mass is 10.4. The summed E-state index contributed by atoms with van der Waals surface area (Å²) in [6.07, 6.45) is 7.45. The van der Waals surface area contributed by atoms with Crippen molar-refractivity contribution in [3.63, 3.8) is 0 Å². The molecule has 5 nitrogen and oxygen atoms in total. The van der Waals surface area contributed by atoms with Crippen LogP contribution in [-0.4, -0.2) is 39.1 Å². The molecule has 1 fully saturated rings. The number of hydrogen-bond donors (Lipinski definition) is 1. The van der Waals surface area contributed by atoms with E-state index < -0.39 is 0 Å². The van der Waals surface area contributed by atoms with Gasteiger partial charge in [0.25, 0.3) is 5.91 Å². The summed E-state index contributed by atoms with van der Waals surface area (Å²) in [5.41, 5.74) is 0. The molecule has 84 valence electrons. The minimum absolute atomic E-state index is 0.205. The van der Waals surface area contributed by atoms with Crippen LogP contribution < -0.4 is 0 Å². The van der Waals surface area contributed by atoms with Crippen molar-refractivity contribution in [2.45, 2.75) is 25.7 Å². The van der Waals surface area contributed by atoms with Crippen molar-refractivity contribution in [2.24, 2.45) is 0 Å². The Balaban J connectivity index is 2.09. The normalized spacial score (nSPS) is 14.5. The van der Waals surface area contributed by atoms with E-state index in [0.29, 0.717) is 19.0 Å². The van der Waals surface area contributed by atoms with Crippen LogP contribution in [0.15, 0.2) is 0 Å². The first-order chi connectivity index (χ1) is 7.76. The molecule has 1 N–H and O–H groups in total. The molecule has 0 spiro atoms. The van der Waals surface area contributed by atoms with Gasteiger partial charge in [-0.25, -0.2) is 4.98 Å². The van der Waals surface area contributed by atoms with Gasteiger partial charge >= 0.3 is 0 Å². The molecule has 1 heterocycles. The highest BCUT2D eigenvalue weighted by atomic mass is 16.2.